The van der Waals surface area contributed by atoms with Crippen LogP contribution in [-0.4, -0.2) is 17.0 Å². The number of hydrogen-bond acceptors (Lipinski definition) is 4. The van der Waals surface area contributed by atoms with Crippen LogP contribution in [0.25, 0.3) is 0 Å². The minimum Gasteiger partial charge on any atom is -0.478 e. The molecule has 0 spiro atoms. The topological polar surface area (TPSA) is 66.4 Å². The molecule has 8 heteroatoms. The Balaban J connectivity index is 2.35. The van der Waals surface area contributed by atoms with Gasteiger partial charge >= 0.3 is 5.97 Å². The van der Waals surface area contributed by atoms with Gasteiger partial charge in [0.05, 0.1) is 18.7 Å². The minimum absolute atomic E-state index is 0.159. The summed E-state index contributed by atoms with van der Waals surface area (Å²) in [7, 11) is 0. The molecule has 0 aliphatic heterocycles. The van der Waals surface area contributed by atoms with E-state index in [2.05, 4.69) is 37.2 Å². The Morgan fingerprint density at radius 2 is 1.90 bits per heavy atom. The first kappa shape index (κ1) is 15.7. The molecule has 2 N–H and O–H groups in total. The van der Waals surface area contributed by atoms with Crippen LogP contribution in [0.1, 0.15) is 31.2 Å². The van der Waals surface area contributed by atoms with Gasteiger partial charge in [0.1, 0.15) is 5.00 Å². The van der Waals surface area contributed by atoms with Crippen LogP contribution < -0.4 is 5.32 Å². The lowest BCUT2D eigenvalue weighted by Gasteiger charge is -2.03. The van der Waals surface area contributed by atoms with Crippen molar-refractivity contribution in [2.24, 2.45) is 0 Å². The first-order chi connectivity index (χ1) is 9.31. The zero-order valence-corrected chi connectivity index (χ0v) is 15.2. The molecule has 4 nitrogen and oxygen atoms in total. The van der Waals surface area contributed by atoms with E-state index in [1.165, 1.54) is 22.7 Å². The molecule has 0 aliphatic rings. The van der Waals surface area contributed by atoms with Crippen molar-refractivity contribution in [2.75, 3.05) is 5.32 Å². The number of carbonyl (C=O) groups is 2. The van der Waals surface area contributed by atoms with Crippen molar-refractivity contribution in [1.82, 2.24) is 0 Å². The largest absolute Gasteiger partial charge is 0.478 e. The molecule has 0 unspecified atom stereocenters. The third-order valence-electron chi connectivity index (χ3n) is 2.73. The molecule has 1 amide bonds. The standard InChI is InChI=1S/C12H9Br2NO3S2/c1-4-5(2)19-11(8(4)12(17)18)15-10(16)6-3-7(13)20-9(6)14/h3H,1-2H3,(H,15,16)(H,17,18). The molecule has 0 fully saturated rings. The third-order valence-corrected chi connectivity index (χ3v) is 6.19. The third kappa shape index (κ3) is 2.98. The van der Waals surface area contributed by atoms with Crippen LogP contribution in [0.4, 0.5) is 5.00 Å². The molecule has 0 atom stereocenters. The number of aromatic carboxylic acids is 1. The second-order valence-electron chi connectivity index (χ2n) is 3.98. The number of rotatable bonds is 3. The van der Waals surface area contributed by atoms with Gasteiger partial charge in [0, 0.05) is 4.88 Å². The van der Waals surface area contributed by atoms with E-state index in [0.29, 0.717) is 19.9 Å². The summed E-state index contributed by atoms with van der Waals surface area (Å²) in [4.78, 5) is 24.4. The maximum Gasteiger partial charge on any atom is 0.338 e. The van der Waals surface area contributed by atoms with Gasteiger partial charge in [0.15, 0.2) is 0 Å². The summed E-state index contributed by atoms with van der Waals surface area (Å²) in [6, 6.07) is 1.69. The Bertz CT molecular complexity index is 706. The Morgan fingerprint density at radius 1 is 1.25 bits per heavy atom. The zero-order valence-electron chi connectivity index (χ0n) is 10.4. The molecule has 2 aromatic heterocycles. The Kier molecular flexibility index (Phi) is 4.68. The first-order valence-corrected chi connectivity index (χ1v) is 8.62. The van der Waals surface area contributed by atoms with Crippen molar-refractivity contribution in [3.63, 3.8) is 0 Å². The first-order valence-electron chi connectivity index (χ1n) is 5.40. The van der Waals surface area contributed by atoms with E-state index in [4.69, 9.17) is 0 Å². The van der Waals surface area contributed by atoms with Crippen LogP contribution in [0.2, 0.25) is 0 Å². The molecule has 2 rings (SSSR count). The van der Waals surface area contributed by atoms with E-state index in [-0.39, 0.29) is 11.5 Å². The highest BCUT2D eigenvalue weighted by Crippen LogP contribution is 2.35. The van der Waals surface area contributed by atoms with E-state index < -0.39 is 5.97 Å². The molecular weight excluding hydrogens is 430 g/mol. The average molecular weight is 439 g/mol. The lowest BCUT2D eigenvalue weighted by atomic mass is 10.1. The number of aryl methyl sites for hydroxylation is 1. The van der Waals surface area contributed by atoms with Crippen molar-refractivity contribution in [3.05, 3.63) is 35.2 Å². The Labute approximate surface area is 140 Å². The van der Waals surface area contributed by atoms with E-state index in [0.717, 1.165) is 8.66 Å². The quantitative estimate of drug-likeness (QED) is 0.715. The van der Waals surface area contributed by atoms with Crippen LogP contribution in [0.5, 0.6) is 0 Å². The summed E-state index contributed by atoms with van der Waals surface area (Å²) >= 11 is 9.28. The fourth-order valence-corrected chi connectivity index (χ4v) is 5.48. The predicted molar refractivity (Wildman–Crippen MR) is 88.4 cm³/mol. The Hall–Kier alpha value is -0.700. The van der Waals surface area contributed by atoms with Crippen LogP contribution in [0.3, 0.4) is 0 Å². The van der Waals surface area contributed by atoms with E-state index >= 15 is 0 Å². The lowest BCUT2D eigenvalue weighted by Crippen LogP contribution is -2.13. The summed E-state index contributed by atoms with van der Waals surface area (Å²) in [6.45, 7) is 3.57. The van der Waals surface area contributed by atoms with Gasteiger partial charge in [-0.15, -0.1) is 22.7 Å². The SMILES string of the molecule is Cc1sc(NC(=O)c2cc(Br)sc2Br)c(C(=O)O)c1C. The summed E-state index contributed by atoms with van der Waals surface area (Å²) in [5, 5.41) is 12.3. The maximum absolute atomic E-state index is 12.2. The molecule has 0 radical (unpaired) electrons. The minimum atomic E-state index is -1.03. The van der Waals surface area contributed by atoms with Gasteiger partial charge < -0.3 is 10.4 Å². The number of carboxylic acids is 1. The van der Waals surface area contributed by atoms with Gasteiger partial charge in [-0.05, 0) is 57.3 Å². The lowest BCUT2D eigenvalue weighted by molar-refractivity contribution is 0.0697. The number of halogens is 2. The Morgan fingerprint density at radius 3 is 2.40 bits per heavy atom. The van der Waals surface area contributed by atoms with Crippen LogP contribution in [-0.2, 0) is 0 Å². The molecule has 0 aliphatic carbocycles. The summed E-state index contributed by atoms with van der Waals surface area (Å²) in [5.41, 5.74) is 1.32. The van der Waals surface area contributed by atoms with Crippen molar-refractivity contribution >= 4 is 71.4 Å². The number of hydrogen-bond donors (Lipinski definition) is 2. The molecule has 0 bridgehead atoms. The van der Waals surface area contributed by atoms with Gasteiger partial charge in [-0.1, -0.05) is 0 Å². The molecular formula is C12H9Br2NO3S2. The molecule has 0 aromatic carbocycles. The van der Waals surface area contributed by atoms with E-state index in [9.17, 15) is 14.7 Å². The van der Waals surface area contributed by atoms with Crippen molar-refractivity contribution < 1.29 is 14.7 Å². The molecule has 2 aromatic rings. The van der Waals surface area contributed by atoms with Gasteiger partial charge in [0.2, 0.25) is 0 Å². The number of amides is 1. The number of carbonyl (C=O) groups excluding carboxylic acids is 1. The fraction of sp³-hybridized carbons (Fsp3) is 0.167. The summed E-state index contributed by atoms with van der Waals surface area (Å²) < 4.78 is 1.52. The number of nitrogens with one attached hydrogen (secondary N) is 1. The highest BCUT2D eigenvalue weighted by atomic mass is 79.9. The van der Waals surface area contributed by atoms with Crippen molar-refractivity contribution in [1.29, 1.82) is 0 Å². The van der Waals surface area contributed by atoms with E-state index in [1.807, 2.05) is 6.92 Å². The van der Waals surface area contributed by atoms with E-state index in [1.54, 1.807) is 13.0 Å². The highest BCUT2D eigenvalue weighted by Gasteiger charge is 2.22. The summed E-state index contributed by atoms with van der Waals surface area (Å²) in [6.07, 6.45) is 0. The van der Waals surface area contributed by atoms with Crippen molar-refractivity contribution in [2.45, 2.75) is 13.8 Å². The monoisotopic (exact) mass is 437 g/mol. The molecule has 0 saturated carbocycles. The van der Waals surface area contributed by atoms with Gasteiger partial charge in [-0.3, -0.25) is 4.79 Å². The average Bonchev–Trinajstić information content (AvgIpc) is 2.80. The molecule has 20 heavy (non-hydrogen) atoms. The molecule has 2 heterocycles. The highest BCUT2D eigenvalue weighted by molar-refractivity contribution is 9.12. The number of carboxylic acid groups (broad SMARTS) is 1. The second-order valence-corrected chi connectivity index (χ2v) is 8.96. The smallest absolute Gasteiger partial charge is 0.338 e. The molecule has 0 saturated heterocycles. The zero-order chi connectivity index (χ0) is 15.0. The van der Waals surface area contributed by atoms with Crippen molar-refractivity contribution in [3.8, 4) is 0 Å². The normalized spacial score (nSPS) is 10.6. The number of anilines is 1. The second kappa shape index (κ2) is 5.97. The van der Waals surface area contributed by atoms with Gasteiger partial charge in [0.25, 0.3) is 5.91 Å². The van der Waals surface area contributed by atoms with Gasteiger partial charge in [-0.25, -0.2) is 4.79 Å². The predicted octanol–water partition coefficient (Wildman–Crippen LogP) is 4.90. The fourth-order valence-electron chi connectivity index (χ4n) is 1.64. The van der Waals surface area contributed by atoms with Crippen LogP contribution >= 0.6 is 54.5 Å². The van der Waals surface area contributed by atoms with Gasteiger partial charge in [-0.2, -0.15) is 0 Å². The van der Waals surface area contributed by atoms with Crippen LogP contribution in [0, 0.1) is 13.8 Å². The maximum atomic E-state index is 12.2. The number of thiophene rings is 2. The van der Waals surface area contributed by atoms with Crippen LogP contribution in [0.15, 0.2) is 13.6 Å². The molecule has 106 valence electrons. The summed E-state index contributed by atoms with van der Waals surface area (Å²) in [5.74, 6) is -1.37.